The average molecular weight is 428 g/mol. The Kier molecular flexibility index (Phi) is 4.82. The van der Waals surface area contributed by atoms with E-state index >= 15 is 0 Å². The maximum Gasteiger partial charge on any atom is 0.220 e. The van der Waals surface area contributed by atoms with Crippen LogP contribution in [0.2, 0.25) is 19.6 Å². The monoisotopic (exact) mass is 427 g/mol. The molecule has 0 atom stereocenters. The molecule has 0 saturated heterocycles. The number of rotatable bonds is 2. The molecule has 1 heterocycles. The lowest BCUT2D eigenvalue weighted by Gasteiger charge is -2.24. The zero-order valence-corrected chi connectivity index (χ0v) is 21.6. The van der Waals surface area contributed by atoms with E-state index in [0.29, 0.717) is 6.04 Å². The van der Waals surface area contributed by atoms with Crippen LogP contribution in [0.15, 0.2) is 54.6 Å². The summed E-state index contributed by atoms with van der Waals surface area (Å²) in [7, 11) is 0.639. The van der Waals surface area contributed by atoms with Crippen molar-refractivity contribution >= 4 is 34.8 Å². The van der Waals surface area contributed by atoms with E-state index in [9.17, 15) is 0 Å². The number of hydrogen-bond acceptors (Lipinski definition) is 0. The standard InChI is InChI=1S/C29H36NSi/c1-19-16-21-17-22(31(7,8)9)14-15-24(21)28(30(19)6)26-18-27(29(3,4)5)25-13-11-10-12-23(25)20(26)2/h10-18H,1-9H3/q+1/i16D. The summed E-state index contributed by atoms with van der Waals surface area (Å²) in [6, 6.07) is 18.7. The van der Waals surface area contributed by atoms with E-state index in [4.69, 9.17) is 1.37 Å². The summed E-state index contributed by atoms with van der Waals surface area (Å²) in [4.78, 5) is 0. The van der Waals surface area contributed by atoms with E-state index in [-0.39, 0.29) is 5.41 Å². The molecule has 4 rings (SSSR count). The van der Waals surface area contributed by atoms with Crippen LogP contribution in [0.4, 0.5) is 0 Å². The van der Waals surface area contributed by atoms with Crippen molar-refractivity contribution in [3.05, 3.63) is 71.4 Å². The fourth-order valence-corrected chi connectivity index (χ4v) is 5.82. The Balaban J connectivity index is 2.18. The van der Waals surface area contributed by atoms with Crippen LogP contribution in [-0.2, 0) is 12.5 Å². The molecule has 1 aromatic heterocycles. The predicted molar refractivity (Wildman–Crippen MR) is 139 cm³/mol. The molecule has 0 aliphatic heterocycles. The first-order chi connectivity index (χ1) is 14.8. The Labute approximate surface area is 190 Å². The number of fused-ring (bicyclic) bond motifs is 2. The molecule has 160 valence electrons. The van der Waals surface area contributed by atoms with Crippen molar-refractivity contribution in [2.45, 2.75) is 59.7 Å². The van der Waals surface area contributed by atoms with Crippen LogP contribution in [-0.4, -0.2) is 8.07 Å². The molecular formula is C29H36NSi+. The lowest BCUT2D eigenvalue weighted by molar-refractivity contribution is -0.665. The SMILES string of the molecule is [2H]c1c(C)[n+](C)c(-c2cc(C(C)(C)C)c3ccccc3c2C)c2ccc([Si](C)(C)C)cc12. The number of aromatic nitrogens is 1. The molecule has 0 saturated carbocycles. The molecule has 0 aliphatic carbocycles. The molecule has 1 nitrogen and oxygen atoms in total. The number of benzene rings is 3. The average Bonchev–Trinajstić information content (AvgIpc) is 2.72. The van der Waals surface area contributed by atoms with Gasteiger partial charge in [0.2, 0.25) is 5.69 Å². The summed E-state index contributed by atoms with van der Waals surface area (Å²) < 4.78 is 11.1. The van der Waals surface area contributed by atoms with Gasteiger partial charge in [0.25, 0.3) is 0 Å². The molecule has 0 unspecified atom stereocenters. The van der Waals surface area contributed by atoms with Gasteiger partial charge in [-0.3, -0.25) is 0 Å². The van der Waals surface area contributed by atoms with Crippen LogP contribution < -0.4 is 9.75 Å². The summed E-state index contributed by atoms with van der Waals surface area (Å²) in [5.41, 5.74) is 6.19. The molecule has 0 radical (unpaired) electrons. The summed E-state index contributed by atoms with van der Waals surface area (Å²) in [6.45, 7) is 18.3. The van der Waals surface area contributed by atoms with Gasteiger partial charge in [0, 0.05) is 13.0 Å². The van der Waals surface area contributed by atoms with E-state index in [0.717, 1.165) is 11.1 Å². The molecule has 2 heteroatoms. The van der Waals surface area contributed by atoms with E-state index < -0.39 is 8.07 Å². The van der Waals surface area contributed by atoms with Gasteiger partial charge < -0.3 is 0 Å². The van der Waals surface area contributed by atoms with Crippen molar-refractivity contribution < 1.29 is 5.94 Å². The summed E-state index contributed by atoms with van der Waals surface area (Å²) in [5, 5.41) is 6.30. The second-order valence-corrected chi connectivity index (χ2v) is 16.1. The fraction of sp³-hybridized carbons (Fsp3) is 0.345. The Hall–Kier alpha value is -2.45. The molecule has 0 bridgehead atoms. The first-order valence-corrected chi connectivity index (χ1v) is 14.8. The second kappa shape index (κ2) is 7.31. The molecule has 3 aromatic carbocycles. The predicted octanol–water partition coefficient (Wildman–Crippen LogP) is 6.94. The van der Waals surface area contributed by atoms with Gasteiger partial charge in [0.15, 0.2) is 5.69 Å². The third-order valence-electron chi connectivity index (χ3n) is 6.67. The van der Waals surface area contributed by atoms with Gasteiger partial charge >= 0.3 is 0 Å². The van der Waals surface area contributed by atoms with Crippen LogP contribution in [0.5, 0.6) is 0 Å². The Morgan fingerprint density at radius 2 is 1.52 bits per heavy atom. The van der Waals surface area contributed by atoms with Crippen LogP contribution in [0.1, 0.15) is 39.0 Å². The molecular weight excluding hydrogens is 390 g/mol. The number of pyridine rings is 1. The van der Waals surface area contributed by atoms with Crippen LogP contribution in [0.3, 0.4) is 0 Å². The normalized spacial score (nSPS) is 13.1. The van der Waals surface area contributed by atoms with Gasteiger partial charge in [-0.1, -0.05) is 82.0 Å². The second-order valence-electron chi connectivity index (χ2n) is 11.0. The molecule has 0 aliphatic rings. The van der Waals surface area contributed by atoms with Gasteiger partial charge in [-0.05, 0) is 51.8 Å². The lowest BCUT2D eigenvalue weighted by atomic mass is 9.80. The van der Waals surface area contributed by atoms with Gasteiger partial charge in [-0.2, -0.15) is 4.57 Å². The Morgan fingerprint density at radius 3 is 2.13 bits per heavy atom. The maximum atomic E-state index is 8.91. The minimum Gasteiger partial charge on any atom is -0.198 e. The van der Waals surface area contributed by atoms with Crippen molar-refractivity contribution in [2.24, 2.45) is 7.05 Å². The number of hydrogen-bond donors (Lipinski definition) is 0. The molecule has 0 N–H and O–H groups in total. The van der Waals surface area contributed by atoms with Gasteiger partial charge in [0.05, 0.1) is 20.4 Å². The van der Waals surface area contributed by atoms with E-state index in [1.54, 1.807) is 0 Å². The smallest absolute Gasteiger partial charge is 0.198 e. The first-order valence-electron chi connectivity index (χ1n) is 11.8. The highest BCUT2D eigenvalue weighted by atomic mass is 28.3. The minimum atomic E-state index is -1.47. The summed E-state index contributed by atoms with van der Waals surface area (Å²) >= 11 is 0. The topological polar surface area (TPSA) is 3.88 Å². The third-order valence-corrected chi connectivity index (χ3v) is 8.71. The first kappa shape index (κ1) is 20.4. The molecule has 0 spiro atoms. The van der Waals surface area contributed by atoms with Crippen LogP contribution in [0.25, 0.3) is 32.8 Å². The molecule has 31 heavy (non-hydrogen) atoms. The highest BCUT2D eigenvalue weighted by Gasteiger charge is 2.26. The number of aryl methyl sites for hydroxylation is 1. The van der Waals surface area contributed by atoms with Crippen molar-refractivity contribution in [3.63, 3.8) is 0 Å². The van der Waals surface area contributed by atoms with E-state index in [2.05, 4.69) is 114 Å². The van der Waals surface area contributed by atoms with Gasteiger partial charge in [-0.25, -0.2) is 0 Å². The highest BCUT2D eigenvalue weighted by Crippen LogP contribution is 2.38. The van der Waals surface area contributed by atoms with Crippen molar-refractivity contribution in [2.75, 3.05) is 0 Å². The maximum absolute atomic E-state index is 8.91. The highest BCUT2D eigenvalue weighted by molar-refractivity contribution is 6.88. The Bertz CT molecular complexity index is 1370. The Morgan fingerprint density at radius 1 is 0.871 bits per heavy atom. The number of nitrogens with zero attached hydrogens (tertiary/aromatic N) is 1. The molecule has 0 fully saturated rings. The van der Waals surface area contributed by atoms with Crippen LogP contribution >= 0.6 is 0 Å². The summed E-state index contributed by atoms with van der Waals surface area (Å²) in [6.07, 6.45) is 0. The van der Waals surface area contributed by atoms with Crippen molar-refractivity contribution in [1.82, 2.24) is 0 Å². The molecule has 4 aromatic rings. The van der Waals surface area contributed by atoms with Crippen molar-refractivity contribution in [3.8, 4) is 11.3 Å². The summed E-state index contributed by atoms with van der Waals surface area (Å²) in [5.74, 6) is 0. The fourth-order valence-electron chi connectivity index (χ4n) is 4.66. The van der Waals surface area contributed by atoms with Crippen molar-refractivity contribution in [1.29, 1.82) is 0 Å². The zero-order valence-electron chi connectivity index (χ0n) is 21.6. The third kappa shape index (κ3) is 3.72. The molecule has 0 amide bonds. The van der Waals surface area contributed by atoms with Gasteiger partial charge in [-0.15, -0.1) is 0 Å². The largest absolute Gasteiger partial charge is 0.220 e. The zero-order chi connectivity index (χ0) is 23.6. The minimum absolute atomic E-state index is 0.0336. The van der Waals surface area contributed by atoms with Gasteiger partial charge in [0.1, 0.15) is 7.05 Å². The lowest BCUT2D eigenvalue weighted by Crippen LogP contribution is -2.38. The van der Waals surface area contributed by atoms with E-state index in [1.807, 2.05) is 0 Å². The van der Waals surface area contributed by atoms with Crippen LogP contribution in [0, 0.1) is 13.8 Å². The quantitative estimate of drug-likeness (QED) is 0.241. The van der Waals surface area contributed by atoms with E-state index in [1.165, 1.54) is 43.7 Å².